The van der Waals surface area contributed by atoms with E-state index >= 15 is 0 Å². The summed E-state index contributed by atoms with van der Waals surface area (Å²) >= 11 is 0. The summed E-state index contributed by atoms with van der Waals surface area (Å²) in [7, 11) is 0. The summed E-state index contributed by atoms with van der Waals surface area (Å²) in [4.78, 5) is 55.2. The number of hydrogen-bond acceptors (Lipinski definition) is 10. The summed E-state index contributed by atoms with van der Waals surface area (Å²) in [5.41, 5.74) is 1.68. The standard InChI is InChI=1S/C20H26O6.C8H10O5/c1-15(7-6-12-21)19(23)25-14-18(13-22)26-20(24)16(2)10-11-17-8-4-3-5-9-17;1-5(2)8(12)13-7(11)4-3-6(9)10/h3-5,8-9,18,21-22H,1-2,6-7,10-14H2;1,3-4H2,2H3,(H,9,10). The number of carbonyl (C=O) groups excluding carboxylic acids is 4. The van der Waals surface area contributed by atoms with Crippen LogP contribution < -0.4 is 0 Å². The topological polar surface area (TPSA) is 174 Å². The van der Waals surface area contributed by atoms with Crippen LogP contribution in [0.4, 0.5) is 0 Å². The van der Waals surface area contributed by atoms with Crippen molar-refractivity contribution in [3.8, 4) is 0 Å². The van der Waals surface area contributed by atoms with Crippen molar-refractivity contribution in [2.45, 2.75) is 51.6 Å². The lowest BCUT2D eigenvalue weighted by Crippen LogP contribution is -2.29. The maximum Gasteiger partial charge on any atom is 0.340 e. The van der Waals surface area contributed by atoms with Crippen LogP contribution in [0.1, 0.15) is 44.6 Å². The molecule has 214 valence electrons. The fourth-order valence-corrected chi connectivity index (χ4v) is 2.52. The van der Waals surface area contributed by atoms with E-state index in [1.54, 1.807) is 0 Å². The van der Waals surface area contributed by atoms with E-state index in [0.29, 0.717) is 25.7 Å². The molecule has 0 spiro atoms. The van der Waals surface area contributed by atoms with E-state index in [4.69, 9.17) is 19.7 Å². The first-order valence-corrected chi connectivity index (χ1v) is 12.0. The maximum atomic E-state index is 12.0. The van der Waals surface area contributed by atoms with Gasteiger partial charge in [0.1, 0.15) is 6.61 Å². The third-order valence-corrected chi connectivity index (χ3v) is 4.75. The van der Waals surface area contributed by atoms with E-state index < -0.39 is 42.6 Å². The predicted molar refractivity (Wildman–Crippen MR) is 140 cm³/mol. The summed E-state index contributed by atoms with van der Waals surface area (Å²) in [5, 5.41) is 26.2. The zero-order valence-electron chi connectivity index (χ0n) is 22.1. The number of benzene rings is 1. The predicted octanol–water partition coefficient (Wildman–Crippen LogP) is 2.45. The monoisotopic (exact) mass is 548 g/mol. The zero-order valence-corrected chi connectivity index (χ0v) is 22.1. The summed E-state index contributed by atoms with van der Waals surface area (Å²) < 4.78 is 14.3. The van der Waals surface area contributed by atoms with Crippen LogP contribution in [0, 0.1) is 0 Å². The highest BCUT2D eigenvalue weighted by molar-refractivity contribution is 5.95. The number of carboxylic acid groups (broad SMARTS) is 1. The van der Waals surface area contributed by atoms with Gasteiger partial charge in [-0.1, -0.05) is 50.1 Å². The first-order chi connectivity index (χ1) is 18.4. The number of aliphatic hydroxyl groups is 2. The zero-order chi connectivity index (χ0) is 29.8. The molecular weight excluding hydrogens is 512 g/mol. The third-order valence-electron chi connectivity index (χ3n) is 4.75. The van der Waals surface area contributed by atoms with Gasteiger partial charge < -0.3 is 29.5 Å². The molecule has 0 amide bonds. The maximum absolute atomic E-state index is 12.0. The highest BCUT2D eigenvalue weighted by Gasteiger charge is 2.19. The molecule has 0 aliphatic heterocycles. The average Bonchev–Trinajstić information content (AvgIpc) is 2.91. The number of aliphatic hydroxyl groups excluding tert-OH is 2. The fraction of sp³-hybridized carbons (Fsp3) is 0.393. The van der Waals surface area contributed by atoms with Gasteiger partial charge in [0.05, 0.1) is 19.4 Å². The lowest BCUT2D eigenvalue weighted by Gasteiger charge is -2.17. The van der Waals surface area contributed by atoms with Crippen molar-refractivity contribution < 1.29 is 53.5 Å². The molecule has 0 aliphatic carbocycles. The van der Waals surface area contributed by atoms with E-state index in [0.717, 1.165) is 5.56 Å². The Balaban J connectivity index is 0.000000935. The first kappa shape index (κ1) is 34.9. The van der Waals surface area contributed by atoms with E-state index in [2.05, 4.69) is 24.5 Å². The van der Waals surface area contributed by atoms with Gasteiger partial charge in [0, 0.05) is 23.3 Å². The smallest absolute Gasteiger partial charge is 0.340 e. The summed E-state index contributed by atoms with van der Waals surface area (Å²) in [5.74, 6) is -4.06. The van der Waals surface area contributed by atoms with Gasteiger partial charge in [-0.15, -0.1) is 0 Å². The highest BCUT2D eigenvalue weighted by Crippen LogP contribution is 2.11. The van der Waals surface area contributed by atoms with E-state index in [-0.39, 0.29) is 42.8 Å². The lowest BCUT2D eigenvalue weighted by molar-refractivity contribution is -0.158. The van der Waals surface area contributed by atoms with Gasteiger partial charge in [-0.05, 0) is 38.2 Å². The molecule has 0 saturated heterocycles. The van der Waals surface area contributed by atoms with Crippen molar-refractivity contribution in [3.05, 3.63) is 72.4 Å². The van der Waals surface area contributed by atoms with Gasteiger partial charge in [0.25, 0.3) is 0 Å². The second-order valence-electron chi connectivity index (χ2n) is 8.26. The number of esters is 4. The van der Waals surface area contributed by atoms with Crippen molar-refractivity contribution in [1.82, 2.24) is 0 Å². The molecule has 0 radical (unpaired) electrons. The molecule has 1 aromatic rings. The molecule has 1 rings (SSSR count). The molecule has 39 heavy (non-hydrogen) atoms. The number of ether oxygens (including phenoxy) is 3. The second-order valence-corrected chi connectivity index (χ2v) is 8.26. The highest BCUT2D eigenvalue weighted by atomic mass is 16.6. The molecule has 1 unspecified atom stereocenters. The minimum atomic E-state index is -1.11. The van der Waals surface area contributed by atoms with Crippen LogP contribution in [0.3, 0.4) is 0 Å². The minimum Gasteiger partial charge on any atom is -0.481 e. The SMILES string of the molecule is C=C(C)C(=O)OC(=O)CCC(=O)O.C=C(CCCO)C(=O)OCC(CO)OC(=O)C(=C)CCc1ccccc1. The van der Waals surface area contributed by atoms with Crippen molar-refractivity contribution in [3.63, 3.8) is 0 Å². The Morgan fingerprint density at radius 2 is 1.46 bits per heavy atom. The summed E-state index contributed by atoms with van der Waals surface area (Å²) in [6.07, 6.45) is 0.182. The molecule has 11 heteroatoms. The fourth-order valence-electron chi connectivity index (χ4n) is 2.52. The number of rotatable bonds is 16. The molecule has 0 heterocycles. The minimum absolute atomic E-state index is 0.0474. The third kappa shape index (κ3) is 17.1. The quantitative estimate of drug-likeness (QED) is 0.120. The normalized spacial score (nSPS) is 10.6. The molecule has 1 aromatic carbocycles. The molecule has 0 fully saturated rings. The van der Waals surface area contributed by atoms with E-state index in [1.807, 2.05) is 30.3 Å². The molecule has 11 nitrogen and oxygen atoms in total. The molecular formula is C28H36O11. The van der Waals surface area contributed by atoms with Gasteiger partial charge in [-0.3, -0.25) is 9.59 Å². The first-order valence-electron chi connectivity index (χ1n) is 12.0. The Labute approximate surface area is 227 Å². The Bertz CT molecular complexity index is 1010. The van der Waals surface area contributed by atoms with Crippen LogP contribution in [0.2, 0.25) is 0 Å². The Morgan fingerprint density at radius 3 is 2.00 bits per heavy atom. The van der Waals surface area contributed by atoms with Gasteiger partial charge in [-0.2, -0.15) is 0 Å². The molecule has 0 saturated carbocycles. The van der Waals surface area contributed by atoms with Crippen LogP contribution in [0.25, 0.3) is 0 Å². The Morgan fingerprint density at radius 1 is 0.846 bits per heavy atom. The number of aryl methyl sites for hydroxylation is 1. The average molecular weight is 549 g/mol. The van der Waals surface area contributed by atoms with Crippen LogP contribution in [0.5, 0.6) is 0 Å². The van der Waals surface area contributed by atoms with Gasteiger partial charge in [0.2, 0.25) is 0 Å². The Kier molecular flexibility index (Phi) is 17.9. The van der Waals surface area contributed by atoms with Crippen molar-refractivity contribution in [2.75, 3.05) is 19.8 Å². The number of hydrogen-bond donors (Lipinski definition) is 3. The van der Waals surface area contributed by atoms with Gasteiger partial charge in [-0.25, -0.2) is 14.4 Å². The van der Waals surface area contributed by atoms with Crippen molar-refractivity contribution in [1.29, 1.82) is 0 Å². The number of aliphatic carboxylic acids is 1. The molecule has 1 atom stereocenters. The van der Waals surface area contributed by atoms with Crippen LogP contribution in [0.15, 0.2) is 66.8 Å². The van der Waals surface area contributed by atoms with E-state index in [1.165, 1.54) is 6.92 Å². The summed E-state index contributed by atoms with van der Waals surface area (Å²) in [6, 6.07) is 9.66. The molecule has 0 aliphatic rings. The Hall–Kier alpha value is -4.09. The van der Waals surface area contributed by atoms with Crippen LogP contribution in [-0.2, 0) is 44.6 Å². The largest absolute Gasteiger partial charge is 0.481 e. The lowest BCUT2D eigenvalue weighted by atomic mass is 10.1. The second kappa shape index (κ2) is 19.9. The van der Waals surface area contributed by atoms with Crippen molar-refractivity contribution >= 4 is 29.8 Å². The van der Waals surface area contributed by atoms with Crippen LogP contribution in [-0.4, -0.2) is 71.1 Å². The molecule has 3 N–H and O–H groups in total. The molecule has 0 aromatic heterocycles. The number of carboxylic acids is 1. The molecule has 0 bridgehead atoms. The van der Waals surface area contributed by atoms with E-state index in [9.17, 15) is 29.1 Å². The van der Waals surface area contributed by atoms with Gasteiger partial charge >= 0.3 is 29.8 Å². The summed E-state index contributed by atoms with van der Waals surface area (Å²) in [6.45, 7) is 11.1. The number of carbonyl (C=O) groups is 5. The van der Waals surface area contributed by atoms with Gasteiger partial charge in [0.15, 0.2) is 6.10 Å². The van der Waals surface area contributed by atoms with Crippen LogP contribution >= 0.6 is 0 Å². The van der Waals surface area contributed by atoms with Crippen molar-refractivity contribution in [2.24, 2.45) is 0 Å².